The van der Waals surface area contributed by atoms with Gasteiger partial charge >= 0.3 is 0 Å². The first-order chi connectivity index (χ1) is 17.7. The lowest BCUT2D eigenvalue weighted by Crippen LogP contribution is -2.43. The second-order valence-electron chi connectivity index (χ2n) is 8.60. The molecule has 2 aromatic carbocycles. The summed E-state index contributed by atoms with van der Waals surface area (Å²) in [5, 5.41) is 11.4. The highest BCUT2D eigenvalue weighted by Gasteiger charge is 2.35. The van der Waals surface area contributed by atoms with Crippen molar-refractivity contribution in [3.05, 3.63) is 100 Å². The minimum absolute atomic E-state index is 0.0172. The number of nitrogens with zero attached hydrogens (tertiary/aromatic N) is 4. The van der Waals surface area contributed by atoms with Gasteiger partial charge in [-0.25, -0.2) is 4.99 Å². The highest BCUT2D eigenvalue weighted by molar-refractivity contribution is 7.07. The number of para-hydroxylation sites is 1. The Kier molecular flexibility index (Phi) is 7.40. The number of fused-ring (bicyclic) bond motifs is 1. The van der Waals surface area contributed by atoms with Crippen molar-refractivity contribution in [3.63, 3.8) is 0 Å². The first-order valence-electron chi connectivity index (χ1n) is 11.9. The maximum Gasteiger partial charge on any atom is 0.272 e. The molecule has 0 N–H and O–H groups in total. The van der Waals surface area contributed by atoms with Gasteiger partial charge in [-0.1, -0.05) is 41.7 Å². The highest BCUT2D eigenvalue weighted by atomic mass is 32.1. The van der Waals surface area contributed by atoms with Gasteiger partial charge in [-0.15, -0.1) is 0 Å². The number of nitro groups is 1. The number of thiazole rings is 1. The molecule has 1 atom stereocenters. The predicted octanol–water partition coefficient (Wildman–Crippen LogP) is 3.33. The van der Waals surface area contributed by atoms with E-state index in [2.05, 4.69) is 4.99 Å². The lowest BCUT2D eigenvalue weighted by molar-refractivity contribution is -0.385. The van der Waals surface area contributed by atoms with Crippen LogP contribution in [0.4, 0.5) is 5.69 Å². The number of aryl methyl sites for hydroxylation is 1. The molecule has 192 valence electrons. The van der Waals surface area contributed by atoms with Crippen LogP contribution >= 0.6 is 11.3 Å². The van der Waals surface area contributed by atoms with Crippen LogP contribution in [0.25, 0.3) is 6.08 Å². The maximum atomic E-state index is 13.8. The first kappa shape index (κ1) is 26.0. The SMILES string of the molecule is CCN(CC)C(=O)C1=C(C)N=c2s/c(=C\c3ccc(C)c([N+](=O)[O-])c3)c(=O)n2[C@@H]1c1ccccc1OC. The Bertz CT molecular complexity index is 1600. The van der Waals surface area contributed by atoms with Gasteiger partial charge in [0.2, 0.25) is 0 Å². The third kappa shape index (κ3) is 4.72. The molecule has 1 aromatic heterocycles. The molecular weight excluding hydrogens is 492 g/mol. The summed E-state index contributed by atoms with van der Waals surface area (Å²) in [6.45, 7) is 8.29. The monoisotopic (exact) mass is 520 g/mol. The molecule has 0 spiro atoms. The minimum atomic E-state index is -0.741. The standard InChI is InChI=1S/C27H28N4O5S/c1-6-29(7-2)26(33)23-17(4)28-27-30(24(23)19-10-8-9-11-21(19)36-5)25(32)22(37-27)15-18-13-12-16(3)20(14-18)31(34)35/h8-15,24H,6-7H2,1-5H3/b22-15-/t24-/m1/s1. The molecule has 0 fully saturated rings. The fourth-order valence-corrected chi connectivity index (χ4v) is 5.57. The summed E-state index contributed by atoms with van der Waals surface area (Å²) in [4.78, 5) is 45.3. The molecule has 0 bridgehead atoms. The number of rotatable bonds is 7. The Morgan fingerprint density at radius 1 is 1.22 bits per heavy atom. The van der Waals surface area contributed by atoms with Gasteiger partial charge < -0.3 is 9.64 Å². The molecule has 2 heterocycles. The molecular formula is C27H28N4O5S. The van der Waals surface area contributed by atoms with Crippen molar-refractivity contribution in [1.82, 2.24) is 9.47 Å². The zero-order valence-electron chi connectivity index (χ0n) is 21.3. The zero-order chi connectivity index (χ0) is 26.9. The van der Waals surface area contributed by atoms with Crippen molar-refractivity contribution in [3.8, 4) is 5.75 Å². The Balaban J connectivity index is 1.99. The topological polar surface area (TPSA) is 107 Å². The summed E-state index contributed by atoms with van der Waals surface area (Å²) in [5.41, 5.74) is 2.34. The van der Waals surface area contributed by atoms with Crippen LogP contribution in [-0.4, -0.2) is 40.5 Å². The van der Waals surface area contributed by atoms with E-state index in [4.69, 9.17) is 4.74 Å². The fourth-order valence-electron chi connectivity index (χ4n) is 4.53. The van der Waals surface area contributed by atoms with Gasteiger partial charge in [0.25, 0.3) is 17.2 Å². The number of nitro benzene ring substituents is 1. The van der Waals surface area contributed by atoms with Crippen molar-refractivity contribution >= 4 is 29.0 Å². The van der Waals surface area contributed by atoms with Gasteiger partial charge in [0.05, 0.1) is 27.8 Å². The number of hydrogen-bond donors (Lipinski definition) is 0. The molecule has 1 aliphatic rings. The Morgan fingerprint density at radius 2 is 1.92 bits per heavy atom. The van der Waals surface area contributed by atoms with Crippen molar-refractivity contribution in [2.75, 3.05) is 20.2 Å². The lowest BCUT2D eigenvalue weighted by atomic mass is 9.94. The number of aromatic nitrogens is 1. The van der Waals surface area contributed by atoms with E-state index in [1.807, 2.05) is 32.0 Å². The normalized spacial score (nSPS) is 15.3. The van der Waals surface area contributed by atoms with E-state index in [9.17, 15) is 19.7 Å². The van der Waals surface area contributed by atoms with Crippen LogP contribution in [0, 0.1) is 17.0 Å². The van der Waals surface area contributed by atoms with Crippen molar-refractivity contribution in [2.45, 2.75) is 33.7 Å². The molecule has 0 saturated heterocycles. The third-order valence-electron chi connectivity index (χ3n) is 6.46. The summed E-state index contributed by atoms with van der Waals surface area (Å²) in [6, 6.07) is 11.4. The van der Waals surface area contributed by atoms with E-state index in [0.717, 1.165) is 0 Å². The smallest absolute Gasteiger partial charge is 0.272 e. The predicted molar refractivity (Wildman–Crippen MR) is 143 cm³/mol. The second-order valence-corrected chi connectivity index (χ2v) is 9.61. The molecule has 1 amide bonds. The van der Waals surface area contributed by atoms with Crippen molar-refractivity contribution < 1.29 is 14.5 Å². The van der Waals surface area contributed by atoms with Crippen LogP contribution < -0.4 is 19.6 Å². The Labute approximate surface area is 217 Å². The summed E-state index contributed by atoms with van der Waals surface area (Å²) < 4.78 is 7.51. The van der Waals surface area contributed by atoms with Gasteiger partial charge in [-0.2, -0.15) is 0 Å². The van der Waals surface area contributed by atoms with Gasteiger partial charge in [0.15, 0.2) is 4.80 Å². The third-order valence-corrected chi connectivity index (χ3v) is 7.45. The van der Waals surface area contributed by atoms with E-state index >= 15 is 0 Å². The quantitative estimate of drug-likeness (QED) is 0.351. The molecule has 0 radical (unpaired) electrons. The van der Waals surface area contributed by atoms with Crippen LogP contribution in [0.1, 0.15) is 43.5 Å². The first-order valence-corrected chi connectivity index (χ1v) is 12.7. The number of allylic oxidation sites excluding steroid dienone is 1. The van der Waals surface area contributed by atoms with Crippen LogP contribution in [-0.2, 0) is 4.79 Å². The number of carbonyl (C=O) groups is 1. The largest absolute Gasteiger partial charge is 0.496 e. The lowest BCUT2D eigenvalue weighted by Gasteiger charge is -2.29. The number of hydrogen-bond acceptors (Lipinski definition) is 7. The van der Waals surface area contributed by atoms with Gasteiger partial charge in [0, 0.05) is 30.3 Å². The number of ether oxygens (including phenoxy) is 1. The molecule has 9 nitrogen and oxygen atoms in total. The van der Waals surface area contributed by atoms with E-state index in [1.54, 1.807) is 50.1 Å². The molecule has 0 aliphatic carbocycles. The second kappa shape index (κ2) is 10.5. The van der Waals surface area contributed by atoms with E-state index in [1.165, 1.54) is 22.0 Å². The van der Waals surface area contributed by atoms with Crippen LogP contribution in [0.2, 0.25) is 0 Å². The zero-order valence-corrected chi connectivity index (χ0v) is 22.2. The van der Waals surface area contributed by atoms with Crippen molar-refractivity contribution in [2.24, 2.45) is 4.99 Å². The summed E-state index contributed by atoms with van der Waals surface area (Å²) in [7, 11) is 1.55. The molecule has 4 rings (SSSR count). The molecule has 0 saturated carbocycles. The Morgan fingerprint density at radius 3 is 2.57 bits per heavy atom. The molecule has 10 heteroatoms. The average Bonchev–Trinajstić information content (AvgIpc) is 3.18. The van der Waals surface area contributed by atoms with Crippen molar-refractivity contribution in [1.29, 1.82) is 0 Å². The number of carbonyl (C=O) groups excluding carboxylic acids is 1. The molecule has 0 unspecified atom stereocenters. The number of amides is 1. The van der Waals surface area contributed by atoms with E-state index in [-0.39, 0.29) is 17.2 Å². The van der Waals surface area contributed by atoms with E-state index in [0.29, 0.717) is 56.1 Å². The highest BCUT2D eigenvalue weighted by Crippen LogP contribution is 2.36. The Hall–Kier alpha value is -4.05. The minimum Gasteiger partial charge on any atom is -0.496 e. The summed E-state index contributed by atoms with van der Waals surface area (Å²) >= 11 is 1.18. The molecule has 1 aliphatic heterocycles. The van der Waals surface area contributed by atoms with Crippen LogP contribution in [0.15, 0.2) is 63.5 Å². The van der Waals surface area contributed by atoms with Crippen LogP contribution in [0.5, 0.6) is 5.75 Å². The summed E-state index contributed by atoms with van der Waals surface area (Å²) in [5.74, 6) is 0.362. The van der Waals surface area contributed by atoms with Gasteiger partial charge in [0.1, 0.15) is 11.8 Å². The number of methoxy groups -OCH3 is 1. The maximum absolute atomic E-state index is 13.8. The average molecular weight is 521 g/mol. The fraction of sp³-hybridized carbons (Fsp3) is 0.296. The number of likely N-dealkylation sites (N-methyl/N-ethyl adjacent to an activating group) is 1. The van der Waals surface area contributed by atoms with Crippen LogP contribution in [0.3, 0.4) is 0 Å². The summed E-state index contributed by atoms with van der Waals surface area (Å²) in [6.07, 6.45) is 1.63. The number of benzene rings is 2. The molecule has 3 aromatic rings. The van der Waals surface area contributed by atoms with Gasteiger partial charge in [-0.3, -0.25) is 24.3 Å². The van der Waals surface area contributed by atoms with Gasteiger partial charge in [-0.05, 0) is 45.4 Å². The molecule has 37 heavy (non-hydrogen) atoms. The van der Waals surface area contributed by atoms with E-state index < -0.39 is 11.0 Å².